The molecule has 0 fully saturated rings. The van der Waals surface area contributed by atoms with Crippen LogP contribution in [0.25, 0.3) is 0 Å². The Bertz CT molecular complexity index is 288. The van der Waals surface area contributed by atoms with Gasteiger partial charge in [0, 0.05) is 18.8 Å². The average molecular weight is 357 g/mol. The molecule has 0 aromatic rings. The van der Waals surface area contributed by atoms with Crippen LogP contribution in [0.15, 0.2) is 0 Å². The molecular formula is C16H40N2O6. The van der Waals surface area contributed by atoms with E-state index in [1.54, 1.807) is 0 Å². The number of hydrogen-bond acceptors (Lipinski definition) is 7. The number of carbonyl (C=O) groups excluding carboxylic acids is 2. The fourth-order valence-electron chi connectivity index (χ4n) is 0.862. The first-order chi connectivity index (χ1) is 9.57. The lowest BCUT2D eigenvalue weighted by Crippen LogP contribution is -2.21. The van der Waals surface area contributed by atoms with Crippen LogP contribution in [0.3, 0.4) is 0 Å². The maximum Gasteiger partial charge on any atom is 0.303 e. The van der Waals surface area contributed by atoms with Gasteiger partial charge in [0.05, 0.1) is 0 Å². The van der Waals surface area contributed by atoms with E-state index in [-0.39, 0.29) is 38.0 Å². The molecule has 0 amide bonds. The van der Waals surface area contributed by atoms with Crippen LogP contribution in [0.4, 0.5) is 0 Å². The van der Waals surface area contributed by atoms with E-state index in [4.69, 9.17) is 19.6 Å². The standard InChI is InChI=1S/2C6H12O2.CH3NO2.CH5N.2CH4/c2*1-5(7)8-6(2,3)4;1-2(3)4;1-2;;/h2*1-4H3;1H3;2H2,1H3;2*1H4. The Hall–Kier alpha value is -1.70. The summed E-state index contributed by atoms with van der Waals surface area (Å²) in [6, 6.07) is 0. The van der Waals surface area contributed by atoms with Gasteiger partial charge in [-0.3, -0.25) is 19.7 Å². The van der Waals surface area contributed by atoms with E-state index in [1.165, 1.54) is 20.9 Å². The van der Waals surface area contributed by atoms with Crippen molar-refractivity contribution in [1.82, 2.24) is 0 Å². The highest BCUT2D eigenvalue weighted by Crippen LogP contribution is 2.06. The van der Waals surface area contributed by atoms with Gasteiger partial charge in [0.25, 0.3) is 0 Å². The van der Waals surface area contributed by atoms with Crippen molar-refractivity contribution in [2.75, 3.05) is 14.1 Å². The summed E-state index contributed by atoms with van der Waals surface area (Å²) < 4.78 is 9.60. The second-order valence-electron chi connectivity index (χ2n) is 5.85. The molecule has 8 nitrogen and oxygen atoms in total. The summed E-state index contributed by atoms with van der Waals surface area (Å²) in [6.07, 6.45) is 0. The first-order valence-corrected chi connectivity index (χ1v) is 6.61. The topological polar surface area (TPSA) is 122 Å². The van der Waals surface area contributed by atoms with E-state index in [2.05, 4.69) is 5.73 Å². The van der Waals surface area contributed by atoms with E-state index >= 15 is 0 Å². The normalized spacial score (nSPS) is 8.62. The van der Waals surface area contributed by atoms with E-state index in [1.807, 2.05) is 41.5 Å². The van der Waals surface area contributed by atoms with Crippen molar-refractivity contribution in [3.8, 4) is 0 Å². The van der Waals surface area contributed by atoms with Crippen LogP contribution in [0.2, 0.25) is 0 Å². The maximum atomic E-state index is 10.2. The van der Waals surface area contributed by atoms with Crippen molar-refractivity contribution in [3.05, 3.63) is 10.1 Å². The third kappa shape index (κ3) is 110. The quantitative estimate of drug-likeness (QED) is 0.401. The molecule has 0 aliphatic carbocycles. The lowest BCUT2D eigenvalue weighted by Gasteiger charge is -2.17. The molecule has 0 saturated heterocycles. The van der Waals surface area contributed by atoms with Crippen LogP contribution >= 0.6 is 0 Å². The lowest BCUT2D eigenvalue weighted by atomic mass is 10.2. The number of nitrogens with zero attached hydrogens (tertiary/aromatic N) is 1. The van der Waals surface area contributed by atoms with Gasteiger partial charge in [0.15, 0.2) is 7.05 Å². The zero-order chi connectivity index (χ0) is 19.1. The highest BCUT2D eigenvalue weighted by atomic mass is 16.6. The Balaban J connectivity index is -0.0000000482. The van der Waals surface area contributed by atoms with Crippen LogP contribution in [-0.2, 0) is 19.1 Å². The predicted molar refractivity (Wildman–Crippen MR) is 99.5 cm³/mol. The van der Waals surface area contributed by atoms with Gasteiger partial charge in [-0.1, -0.05) is 14.9 Å². The van der Waals surface area contributed by atoms with Gasteiger partial charge >= 0.3 is 11.9 Å². The van der Waals surface area contributed by atoms with Crippen LogP contribution < -0.4 is 5.73 Å². The summed E-state index contributed by atoms with van der Waals surface area (Å²) in [5.41, 5.74) is 3.84. The Kier molecular flexibility index (Phi) is 30.7. The largest absolute Gasteiger partial charge is 0.460 e. The third-order valence-corrected chi connectivity index (χ3v) is 0.900. The Morgan fingerprint density at radius 2 is 0.958 bits per heavy atom. The molecule has 0 heterocycles. The number of nitro groups is 1. The molecule has 0 aliphatic heterocycles. The van der Waals surface area contributed by atoms with Gasteiger partial charge in [-0.2, -0.15) is 0 Å². The number of esters is 2. The van der Waals surface area contributed by atoms with Crippen molar-refractivity contribution in [2.45, 2.75) is 81.4 Å². The molecule has 0 saturated carbocycles. The fourth-order valence-corrected chi connectivity index (χ4v) is 0.862. The monoisotopic (exact) mass is 356 g/mol. The zero-order valence-electron chi connectivity index (χ0n) is 15.5. The number of nitrogens with two attached hydrogens (primary N) is 1. The van der Waals surface area contributed by atoms with Gasteiger partial charge < -0.3 is 15.2 Å². The number of hydrogen-bond donors (Lipinski definition) is 1. The first kappa shape index (κ1) is 38.1. The second kappa shape index (κ2) is 19.3. The minimum Gasteiger partial charge on any atom is -0.460 e. The number of rotatable bonds is 0. The average Bonchev–Trinajstić information content (AvgIpc) is 2.11. The van der Waals surface area contributed by atoms with Gasteiger partial charge in [0.1, 0.15) is 11.2 Å². The molecule has 0 radical (unpaired) electrons. The van der Waals surface area contributed by atoms with Crippen molar-refractivity contribution in [3.63, 3.8) is 0 Å². The van der Waals surface area contributed by atoms with Crippen LogP contribution in [0.5, 0.6) is 0 Å². The van der Waals surface area contributed by atoms with Crippen LogP contribution in [-0.4, -0.2) is 42.2 Å². The van der Waals surface area contributed by atoms with Crippen molar-refractivity contribution in [2.24, 2.45) is 5.73 Å². The highest BCUT2D eigenvalue weighted by Gasteiger charge is 2.12. The van der Waals surface area contributed by atoms with Gasteiger partial charge in [-0.25, -0.2) is 0 Å². The molecule has 0 bridgehead atoms. The third-order valence-electron chi connectivity index (χ3n) is 0.900. The molecule has 150 valence electrons. The number of carbonyl (C=O) groups is 2. The summed E-state index contributed by atoms with van der Waals surface area (Å²) in [5, 5.41) is 8.81. The summed E-state index contributed by atoms with van der Waals surface area (Å²) >= 11 is 0. The lowest BCUT2D eigenvalue weighted by molar-refractivity contribution is -0.445. The predicted octanol–water partition coefficient (Wildman–Crippen LogP) is 3.44. The minimum absolute atomic E-state index is 0. The summed E-state index contributed by atoms with van der Waals surface area (Å²) in [6.45, 7) is 13.9. The van der Waals surface area contributed by atoms with Crippen molar-refractivity contribution in [1.29, 1.82) is 0 Å². The maximum absolute atomic E-state index is 10.2. The molecule has 2 N–H and O–H groups in total. The van der Waals surface area contributed by atoms with Crippen molar-refractivity contribution >= 4 is 11.9 Å². The van der Waals surface area contributed by atoms with Crippen LogP contribution in [0, 0.1) is 10.1 Å². The highest BCUT2D eigenvalue weighted by molar-refractivity contribution is 5.66. The van der Waals surface area contributed by atoms with E-state index < -0.39 is 4.92 Å². The van der Waals surface area contributed by atoms with Crippen molar-refractivity contribution < 1.29 is 24.0 Å². The SMILES string of the molecule is C.C.CC(=O)OC(C)(C)C.CC(=O)OC(C)(C)C.CN.C[N+](=O)[O-]. The van der Waals surface area contributed by atoms with E-state index in [9.17, 15) is 9.59 Å². The molecule has 0 spiro atoms. The molecule has 0 aliphatic rings. The molecule has 0 aromatic heterocycles. The van der Waals surface area contributed by atoms with E-state index in [0.717, 1.165) is 7.05 Å². The van der Waals surface area contributed by atoms with E-state index in [0.29, 0.717) is 0 Å². The second-order valence-corrected chi connectivity index (χ2v) is 5.85. The minimum atomic E-state index is -0.500. The van der Waals surface area contributed by atoms with Gasteiger partial charge in [-0.15, -0.1) is 0 Å². The zero-order valence-corrected chi connectivity index (χ0v) is 15.5. The Labute approximate surface area is 148 Å². The Morgan fingerprint density at radius 1 is 0.833 bits per heavy atom. The summed E-state index contributed by atoms with van der Waals surface area (Å²) in [7, 11) is 2.39. The molecule has 0 aromatic carbocycles. The molecule has 0 atom stereocenters. The van der Waals surface area contributed by atoms with Gasteiger partial charge in [-0.05, 0) is 48.6 Å². The molecule has 8 heteroatoms. The molecular weight excluding hydrogens is 316 g/mol. The summed E-state index contributed by atoms with van der Waals surface area (Å²) in [4.78, 5) is 28.8. The fraction of sp³-hybridized carbons (Fsp3) is 0.875. The Morgan fingerprint density at radius 3 is 0.958 bits per heavy atom. The molecule has 0 rings (SSSR count). The molecule has 0 unspecified atom stereocenters. The number of ether oxygens (including phenoxy) is 2. The molecule has 24 heavy (non-hydrogen) atoms. The summed E-state index contributed by atoms with van der Waals surface area (Å²) in [5.74, 6) is -0.449. The van der Waals surface area contributed by atoms with Gasteiger partial charge in [0.2, 0.25) is 0 Å². The van der Waals surface area contributed by atoms with Crippen LogP contribution in [0.1, 0.15) is 70.2 Å². The smallest absolute Gasteiger partial charge is 0.303 e. The first-order valence-electron chi connectivity index (χ1n) is 6.61.